The van der Waals surface area contributed by atoms with Crippen molar-refractivity contribution in [2.24, 2.45) is 5.92 Å². The molecule has 0 radical (unpaired) electrons. The van der Waals surface area contributed by atoms with E-state index in [1.165, 1.54) is 0 Å². The number of carbonyl (C=O) groups excluding carboxylic acids is 2. The quantitative estimate of drug-likeness (QED) is 0.691. The van der Waals surface area contributed by atoms with Crippen molar-refractivity contribution >= 4 is 11.8 Å². The van der Waals surface area contributed by atoms with Crippen molar-refractivity contribution in [3.05, 3.63) is 0 Å². The molecule has 1 N–H and O–H groups in total. The van der Waals surface area contributed by atoms with Gasteiger partial charge >= 0.3 is 0 Å². The van der Waals surface area contributed by atoms with Crippen LogP contribution in [0.2, 0.25) is 0 Å². The first-order valence-electron chi connectivity index (χ1n) is 6.50. The molecular formula is C13H27N3O2. The summed E-state index contributed by atoms with van der Waals surface area (Å²) >= 11 is 0. The zero-order valence-electron chi connectivity index (χ0n) is 12.3. The highest BCUT2D eigenvalue weighted by Gasteiger charge is 2.09. The molecule has 0 aliphatic carbocycles. The fourth-order valence-corrected chi connectivity index (χ4v) is 1.52. The minimum atomic E-state index is 0.0509. The van der Waals surface area contributed by atoms with E-state index in [1.807, 2.05) is 32.8 Å². The Morgan fingerprint density at radius 2 is 1.72 bits per heavy atom. The fraction of sp³-hybridized carbons (Fsp3) is 0.846. The Kier molecular flexibility index (Phi) is 8.37. The average Bonchev–Trinajstić information content (AvgIpc) is 2.20. The van der Waals surface area contributed by atoms with E-state index in [2.05, 4.69) is 5.32 Å². The monoisotopic (exact) mass is 257 g/mol. The second-order valence-corrected chi connectivity index (χ2v) is 5.26. The van der Waals surface area contributed by atoms with Crippen LogP contribution in [0.25, 0.3) is 0 Å². The summed E-state index contributed by atoms with van der Waals surface area (Å²) in [7, 11) is 3.95. The van der Waals surface area contributed by atoms with Gasteiger partial charge in [-0.25, -0.2) is 0 Å². The molecule has 5 nitrogen and oxygen atoms in total. The lowest BCUT2D eigenvalue weighted by Crippen LogP contribution is -2.40. The van der Waals surface area contributed by atoms with Crippen molar-refractivity contribution in [1.29, 1.82) is 0 Å². The van der Waals surface area contributed by atoms with Crippen LogP contribution in [0.4, 0.5) is 0 Å². The molecule has 0 saturated carbocycles. The number of carbonyl (C=O) groups is 2. The van der Waals surface area contributed by atoms with Crippen LogP contribution in [0.3, 0.4) is 0 Å². The van der Waals surface area contributed by atoms with Crippen molar-refractivity contribution in [1.82, 2.24) is 15.1 Å². The number of nitrogens with one attached hydrogen (secondary N) is 1. The maximum atomic E-state index is 11.4. The third kappa shape index (κ3) is 8.98. The molecule has 0 rings (SSSR count). The highest BCUT2D eigenvalue weighted by Crippen LogP contribution is 1.98. The summed E-state index contributed by atoms with van der Waals surface area (Å²) in [4.78, 5) is 26.6. The number of rotatable bonds is 8. The zero-order valence-corrected chi connectivity index (χ0v) is 12.3. The first-order chi connectivity index (χ1) is 8.32. The van der Waals surface area contributed by atoms with Crippen LogP contribution >= 0.6 is 0 Å². The van der Waals surface area contributed by atoms with Gasteiger partial charge in [-0.1, -0.05) is 13.8 Å². The van der Waals surface area contributed by atoms with Gasteiger partial charge in [-0.15, -0.1) is 0 Å². The minimum absolute atomic E-state index is 0.0509. The number of nitrogens with zero attached hydrogens (tertiary/aromatic N) is 2. The second-order valence-electron chi connectivity index (χ2n) is 5.26. The van der Waals surface area contributed by atoms with Gasteiger partial charge in [-0.2, -0.15) is 0 Å². The molecule has 5 heteroatoms. The van der Waals surface area contributed by atoms with Gasteiger partial charge < -0.3 is 15.1 Å². The number of amides is 2. The zero-order chi connectivity index (χ0) is 14.1. The molecule has 0 spiro atoms. The maximum absolute atomic E-state index is 11.4. The number of hydrogen-bond acceptors (Lipinski definition) is 3. The van der Waals surface area contributed by atoms with Crippen LogP contribution < -0.4 is 5.32 Å². The lowest BCUT2D eigenvalue weighted by Gasteiger charge is -2.23. The Morgan fingerprint density at radius 3 is 2.17 bits per heavy atom. The minimum Gasteiger partial charge on any atom is -0.354 e. The van der Waals surface area contributed by atoms with E-state index in [0.29, 0.717) is 32.0 Å². The molecule has 0 aliphatic heterocycles. The number of likely N-dealkylation sites (N-methyl/N-ethyl adjacent to an activating group) is 1. The predicted molar refractivity (Wildman–Crippen MR) is 73.3 cm³/mol. The smallest absolute Gasteiger partial charge is 0.220 e. The summed E-state index contributed by atoms with van der Waals surface area (Å²) < 4.78 is 0. The van der Waals surface area contributed by atoms with E-state index in [1.54, 1.807) is 11.8 Å². The fourth-order valence-electron chi connectivity index (χ4n) is 1.52. The van der Waals surface area contributed by atoms with Gasteiger partial charge in [0.15, 0.2) is 0 Å². The van der Waals surface area contributed by atoms with E-state index < -0.39 is 0 Å². The summed E-state index contributed by atoms with van der Waals surface area (Å²) in [6, 6.07) is 0. The summed E-state index contributed by atoms with van der Waals surface area (Å²) in [5, 5.41) is 2.84. The summed E-state index contributed by atoms with van der Waals surface area (Å²) in [5.74, 6) is 0.471. The van der Waals surface area contributed by atoms with Crippen LogP contribution in [0.5, 0.6) is 0 Å². The standard InChI is InChI=1S/C13H27N3O2/c1-11(2)10-13(18)14-6-7-16(12(3)17)9-8-15(4)5/h11H,6-10H2,1-5H3,(H,14,18). The third-order valence-electron chi connectivity index (χ3n) is 2.56. The Labute approximate surface area is 111 Å². The molecular weight excluding hydrogens is 230 g/mol. The van der Waals surface area contributed by atoms with Crippen molar-refractivity contribution in [2.75, 3.05) is 40.3 Å². The molecule has 0 aromatic carbocycles. The van der Waals surface area contributed by atoms with Gasteiger partial charge in [0.1, 0.15) is 0 Å². The maximum Gasteiger partial charge on any atom is 0.220 e. The highest BCUT2D eigenvalue weighted by molar-refractivity contribution is 5.76. The van der Waals surface area contributed by atoms with Crippen molar-refractivity contribution in [2.45, 2.75) is 27.2 Å². The van der Waals surface area contributed by atoms with E-state index in [0.717, 1.165) is 6.54 Å². The molecule has 0 unspecified atom stereocenters. The third-order valence-corrected chi connectivity index (χ3v) is 2.56. The van der Waals surface area contributed by atoms with Gasteiger partial charge in [-0.05, 0) is 20.0 Å². The van der Waals surface area contributed by atoms with Gasteiger partial charge in [0.2, 0.25) is 11.8 Å². The first kappa shape index (κ1) is 16.9. The molecule has 0 aliphatic rings. The van der Waals surface area contributed by atoms with Crippen LogP contribution in [0.1, 0.15) is 27.2 Å². The van der Waals surface area contributed by atoms with E-state index >= 15 is 0 Å². The highest BCUT2D eigenvalue weighted by atomic mass is 16.2. The van der Waals surface area contributed by atoms with Crippen LogP contribution in [0, 0.1) is 5.92 Å². The molecule has 18 heavy (non-hydrogen) atoms. The largest absolute Gasteiger partial charge is 0.354 e. The molecule has 0 bridgehead atoms. The predicted octanol–water partition coefficient (Wildman–Crippen LogP) is 0.559. The Hall–Kier alpha value is -1.10. The lowest BCUT2D eigenvalue weighted by atomic mass is 10.1. The number of hydrogen-bond donors (Lipinski definition) is 1. The molecule has 2 amide bonds. The second kappa shape index (κ2) is 8.91. The van der Waals surface area contributed by atoms with Crippen LogP contribution in [-0.4, -0.2) is 61.9 Å². The van der Waals surface area contributed by atoms with Crippen molar-refractivity contribution in [3.63, 3.8) is 0 Å². The molecule has 0 aromatic rings. The summed E-state index contributed by atoms with van der Waals surface area (Å²) in [6.07, 6.45) is 0.539. The summed E-state index contributed by atoms with van der Waals surface area (Å²) in [5.41, 5.74) is 0. The van der Waals surface area contributed by atoms with Gasteiger partial charge in [0, 0.05) is 39.5 Å². The van der Waals surface area contributed by atoms with Crippen molar-refractivity contribution in [3.8, 4) is 0 Å². The molecule has 0 aromatic heterocycles. The van der Waals surface area contributed by atoms with Crippen LogP contribution in [-0.2, 0) is 9.59 Å². The van der Waals surface area contributed by atoms with E-state index in [9.17, 15) is 9.59 Å². The Morgan fingerprint density at radius 1 is 1.11 bits per heavy atom. The van der Waals surface area contributed by atoms with Gasteiger partial charge in [0.25, 0.3) is 0 Å². The van der Waals surface area contributed by atoms with Gasteiger partial charge in [0.05, 0.1) is 0 Å². The first-order valence-corrected chi connectivity index (χ1v) is 6.50. The molecule has 0 heterocycles. The Bertz CT molecular complexity index is 265. The molecule has 0 saturated heterocycles. The lowest BCUT2D eigenvalue weighted by molar-refractivity contribution is -0.129. The van der Waals surface area contributed by atoms with E-state index in [4.69, 9.17) is 0 Å². The van der Waals surface area contributed by atoms with E-state index in [-0.39, 0.29) is 11.8 Å². The van der Waals surface area contributed by atoms with Crippen LogP contribution in [0.15, 0.2) is 0 Å². The molecule has 0 atom stereocenters. The average molecular weight is 257 g/mol. The normalized spacial score (nSPS) is 10.8. The summed E-state index contributed by atoms with van der Waals surface area (Å²) in [6.45, 7) is 8.22. The van der Waals surface area contributed by atoms with Crippen molar-refractivity contribution < 1.29 is 9.59 Å². The SMILES string of the molecule is CC(=O)N(CCNC(=O)CC(C)C)CCN(C)C. The molecule has 106 valence electrons. The topological polar surface area (TPSA) is 52.7 Å². The Balaban J connectivity index is 3.90. The molecule has 0 fully saturated rings. The van der Waals surface area contributed by atoms with Gasteiger partial charge in [-0.3, -0.25) is 9.59 Å².